The summed E-state index contributed by atoms with van der Waals surface area (Å²) in [5.74, 6) is 0.544. The average Bonchev–Trinajstić information content (AvgIpc) is 3.02. The number of nitrogens with two attached hydrogens (primary N) is 1. The number of benzene rings is 1. The van der Waals surface area contributed by atoms with Gasteiger partial charge in [0, 0.05) is 13.7 Å². The fourth-order valence-electron chi connectivity index (χ4n) is 2.80. The molecule has 0 bridgehead atoms. The molecule has 3 rings (SSSR count). The second kappa shape index (κ2) is 8.41. The third kappa shape index (κ3) is 4.53. The maximum atomic E-state index is 12.7. The third-order valence-electron chi connectivity index (χ3n) is 4.16. The summed E-state index contributed by atoms with van der Waals surface area (Å²) in [6.07, 6.45) is 0. The Bertz CT molecular complexity index is 1170. The van der Waals surface area contributed by atoms with Gasteiger partial charge in [-0.2, -0.15) is 4.98 Å². The molecule has 3 N–H and O–H groups in total. The monoisotopic (exact) mass is 436 g/mol. The van der Waals surface area contributed by atoms with Gasteiger partial charge in [0.15, 0.2) is 5.82 Å². The number of aromatic nitrogens is 2. The van der Waals surface area contributed by atoms with E-state index >= 15 is 0 Å². The van der Waals surface area contributed by atoms with E-state index < -0.39 is 10.0 Å². The largest absolute Gasteiger partial charge is 0.480 e. The lowest BCUT2D eigenvalue weighted by molar-refractivity contribution is 0.0954. The number of sulfonamides is 1. The van der Waals surface area contributed by atoms with Crippen LogP contribution >= 0.6 is 11.3 Å². The number of carbonyl (C=O) groups excluding carboxylic acids is 1. The molecule has 0 atom stereocenters. The third-order valence-corrected chi connectivity index (χ3v) is 6.25. The molecule has 0 aliphatic heterocycles. The summed E-state index contributed by atoms with van der Waals surface area (Å²) in [4.78, 5) is 22.6. The molecule has 29 heavy (non-hydrogen) atoms. The first kappa shape index (κ1) is 21.1. The van der Waals surface area contributed by atoms with Gasteiger partial charge >= 0.3 is 0 Å². The SMILES string of the molecule is COCc1nc(OC)c2c(C)c(C(=O)NCc3cccc(S(N)(=O)=O)c3)sc2n1. The van der Waals surface area contributed by atoms with E-state index in [9.17, 15) is 13.2 Å². The standard InChI is InChI=1S/C18H20N4O5S2/c1-10-14-17(27-3)21-13(9-26-2)22-18(14)28-15(10)16(23)20-8-11-5-4-6-12(7-11)29(19,24)25/h4-7H,8-9H2,1-3H3,(H,20,23)(H2,19,24,25). The molecule has 2 aromatic heterocycles. The molecule has 2 heterocycles. The van der Waals surface area contributed by atoms with Gasteiger partial charge in [0.05, 0.1) is 22.3 Å². The zero-order valence-corrected chi connectivity index (χ0v) is 17.7. The van der Waals surface area contributed by atoms with E-state index in [1.54, 1.807) is 26.2 Å². The van der Waals surface area contributed by atoms with Crippen LogP contribution in [-0.4, -0.2) is 38.5 Å². The number of hydrogen-bond acceptors (Lipinski definition) is 8. The Morgan fingerprint density at radius 3 is 2.69 bits per heavy atom. The normalized spacial score (nSPS) is 11.6. The first-order chi connectivity index (χ1) is 13.7. The quantitative estimate of drug-likeness (QED) is 0.576. The van der Waals surface area contributed by atoms with Gasteiger partial charge in [-0.05, 0) is 30.2 Å². The van der Waals surface area contributed by atoms with E-state index in [0.717, 1.165) is 0 Å². The minimum atomic E-state index is -3.81. The average molecular weight is 437 g/mol. The number of ether oxygens (including phenoxy) is 2. The van der Waals surface area contributed by atoms with E-state index in [2.05, 4.69) is 15.3 Å². The van der Waals surface area contributed by atoms with Crippen LogP contribution in [0.25, 0.3) is 10.2 Å². The Morgan fingerprint density at radius 1 is 1.28 bits per heavy atom. The number of aryl methyl sites for hydroxylation is 1. The summed E-state index contributed by atoms with van der Waals surface area (Å²) in [6, 6.07) is 6.11. The van der Waals surface area contributed by atoms with Crippen LogP contribution in [0.15, 0.2) is 29.2 Å². The fourth-order valence-corrected chi connectivity index (χ4v) is 4.49. The number of rotatable bonds is 7. The van der Waals surface area contributed by atoms with Gasteiger partial charge in [-0.1, -0.05) is 12.1 Å². The van der Waals surface area contributed by atoms with Crippen LogP contribution in [-0.2, 0) is 27.9 Å². The first-order valence-corrected chi connectivity index (χ1v) is 10.8. The molecule has 11 heteroatoms. The van der Waals surface area contributed by atoms with Crippen LogP contribution in [0.5, 0.6) is 5.88 Å². The summed E-state index contributed by atoms with van der Waals surface area (Å²) in [5, 5.41) is 8.62. The Labute approximate surface area is 171 Å². The van der Waals surface area contributed by atoms with Crippen LogP contribution in [0, 0.1) is 6.92 Å². The van der Waals surface area contributed by atoms with Crippen LogP contribution in [0.4, 0.5) is 0 Å². The number of thiophene rings is 1. The fraction of sp³-hybridized carbons (Fsp3) is 0.278. The molecule has 3 aromatic rings. The van der Waals surface area contributed by atoms with E-state index in [0.29, 0.717) is 37.9 Å². The zero-order valence-electron chi connectivity index (χ0n) is 16.1. The van der Waals surface area contributed by atoms with Gasteiger partial charge in [0.2, 0.25) is 15.9 Å². The molecule has 9 nitrogen and oxygen atoms in total. The molecule has 154 valence electrons. The summed E-state index contributed by atoms with van der Waals surface area (Å²) in [7, 11) is -0.754. The number of primary sulfonamides is 1. The Kier molecular flexibility index (Phi) is 6.13. The molecule has 0 saturated heterocycles. The second-order valence-corrected chi connectivity index (χ2v) is 8.75. The predicted molar refractivity (Wildman–Crippen MR) is 108 cm³/mol. The molecular weight excluding hydrogens is 416 g/mol. The molecule has 0 fully saturated rings. The van der Waals surface area contributed by atoms with Crippen LogP contribution in [0.2, 0.25) is 0 Å². The number of methoxy groups -OCH3 is 2. The van der Waals surface area contributed by atoms with Gasteiger partial charge in [0.1, 0.15) is 11.4 Å². The zero-order chi connectivity index (χ0) is 21.2. The first-order valence-electron chi connectivity index (χ1n) is 8.47. The molecule has 0 unspecified atom stereocenters. The van der Waals surface area contributed by atoms with E-state index in [1.165, 1.54) is 30.6 Å². The van der Waals surface area contributed by atoms with Crippen molar-refractivity contribution in [2.24, 2.45) is 5.14 Å². The van der Waals surface area contributed by atoms with Crippen molar-refractivity contribution >= 4 is 37.5 Å². The van der Waals surface area contributed by atoms with Gasteiger partial charge < -0.3 is 14.8 Å². The summed E-state index contributed by atoms with van der Waals surface area (Å²) in [5.41, 5.74) is 1.32. The maximum Gasteiger partial charge on any atom is 0.261 e. The highest BCUT2D eigenvalue weighted by Gasteiger charge is 2.21. The van der Waals surface area contributed by atoms with Crippen molar-refractivity contribution in [3.8, 4) is 5.88 Å². The Morgan fingerprint density at radius 2 is 2.03 bits per heavy atom. The number of hydrogen-bond donors (Lipinski definition) is 2. The van der Waals surface area contributed by atoms with Crippen molar-refractivity contribution in [3.05, 3.63) is 46.1 Å². The van der Waals surface area contributed by atoms with Gasteiger partial charge in [-0.15, -0.1) is 11.3 Å². The van der Waals surface area contributed by atoms with Crippen molar-refractivity contribution in [1.29, 1.82) is 0 Å². The molecule has 0 aliphatic carbocycles. The minimum Gasteiger partial charge on any atom is -0.480 e. The maximum absolute atomic E-state index is 12.7. The second-order valence-electron chi connectivity index (χ2n) is 6.19. The number of carbonyl (C=O) groups is 1. The Hall–Kier alpha value is -2.60. The van der Waals surface area contributed by atoms with Crippen molar-refractivity contribution in [1.82, 2.24) is 15.3 Å². The molecule has 1 amide bonds. The van der Waals surface area contributed by atoms with Crippen molar-refractivity contribution in [3.63, 3.8) is 0 Å². The number of nitrogens with one attached hydrogen (secondary N) is 1. The van der Waals surface area contributed by atoms with Gasteiger partial charge in [0.25, 0.3) is 5.91 Å². The highest BCUT2D eigenvalue weighted by Crippen LogP contribution is 2.35. The number of fused-ring (bicyclic) bond motifs is 1. The number of amides is 1. The van der Waals surface area contributed by atoms with Gasteiger partial charge in [-0.3, -0.25) is 4.79 Å². The highest BCUT2D eigenvalue weighted by atomic mass is 32.2. The summed E-state index contributed by atoms with van der Waals surface area (Å²) < 4.78 is 33.4. The lowest BCUT2D eigenvalue weighted by Gasteiger charge is -2.07. The van der Waals surface area contributed by atoms with Crippen molar-refractivity contribution in [2.45, 2.75) is 25.0 Å². The number of nitrogens with zero attached hydrogens (tertiary/aromatic N) is 2. The summed E-state index contributed by atoms with van der Waals surface area (Å²) in [6.45, 7) is 2.18. The Balaban J connectivity index is 1.87. The topological polar surface area (TPSA) is 134 Å². The molecule has 0 saturated carbocycles. The van der Waals surface area contributed by atoms with Crippen LogP contribution < -0.4 is 15.2 Å². The smallest absolute Gasteiger partial charge is 0.261 e. The highest BCUT2D eigenvalue weighted by molar-refractivity contribution is 7.89. The predicted octanol–water partition coefficient (Wildman–Crippen LogP) is 1.73. The molecular formula is C18H20N4O5S2. The molecule has 0 aliphatic rings. The minimum absolute atomic E-state index is 0.00650. The van der Waals surface area contributed by atoms with E-state index in [-0.39, 0.29) is 24.0 Å². The van der Waals surface area contributed by atoms with Crippen molar-refractivity contribution < 1.29 is 22.7 Å². The van der Waals surface area contributed by atoms with E-state index in [1.807, 2.05) is 0 Å². The van der Waals surface area contributed by atoms with Gasteiger partial charge in [-0.25, -0.2) is 18.5 Å². The van der Waals surface area contributed by atoms with Crippen molar-refractivity contribution in [2.75, 3.05) is 14.2 Å². The summed E-state index contributed by atoms with van der Waals surface area (Å²) >= 11 is 1.23. The molecule has 0 spiro atoms. The lowest BCUT2D eigenvalue weighted by Crippen LogP contribution is -2.22. The van der Waals surface area contributed by atoms with Crippen LogP contribution in [0.1, 0.15) is 26.6 Å². The van der Waals surface area contributed by atoms with Crippen LogP contribution in [0.3, 0.4) is 0 Å². The molecule has 1 aromatic carbocycles. The lowest BCUT2D eigenvalue weighted by atomic mass is 10.2. The molecule has 0 radical (unpaired) electrons. The van der Waals surface area contributed by atoms with E-state index in [4.69, 9.17) is 14.6 Å².